The molecule has 20 heavy (non-hydrogen) atoms. The largest absolute Gasteiger partial charge is 0.399 e. The Morgan fingerprint density at radius 2 is 1.90 bits per heavy atom. The molecule has 0 unspecified atom stereocenters. The molecule has 2 rings (SSSR count). The van der Waals surface area contributed by atoms with Gasteiger partial charge in [-0.25, -0.2) is 16.8 Å². The summed E-state index contributed by atoms with van der Waals surface area (Å²) in [6, 6.07) is 4.71. The number of sulfone groups is 1. The van der Waals surface area contributed by atoms with Crippen LogP contribution in [-0.2, 0) is 19.9 Å². The van der Waals surface area contributed by atoms with Crippen molar-refractivity contribution in [3.05, 3.63) is 23.8 Å². The van der Waals surface area contributed by atoms with Gasteiger partial charge in [-0.1, -0.05) is 6.07 Å². The van der Waals surface area contributed by atoms with Crippen molar-refractivity contribution in [3.63, 3.8) is 0 Å². The van der Waals surface area contributed by atoms with Crippen LogP contribution in [0.15, 0.2) is 23.1 Å². The Labute approximate surface area is 119 Å². The van der Waals surface area contributed by atoms with Gasteiger partial charge in [-0.2, -0.15) is 4.31 Å². The lowest BCUT2D eigenvalue weighted by atomic mass is 10.2. The van der Waals surface area contributed by atoms with Crippen LogP contribution in [0.5, 0.6) is 0 Å². The lowest BCUT2D eigenvalue weighted by Gasteiger charge is -2.20. The SMILES string of the molecule is Cc1ccc(N)cc1S(=O)(=O)N1CCCS(=O)(=O)CC1. The lowest BCUT2D eigenvalue weighted by molar-refractivity contribution is 0.434. The fraction of sp³-hybridized carbons (Fsp3) is 0.500. The van der Waals surface area contributed by atoms with Gasteiger partial charge in [0.05, 0.1) is 16.4 Å². The van der Waals surface area contributed by atoms with Gasteiger partial charge in [0.15, 0.2) is 9.84 Å². The second kappa shape index (κ2) is 5.34. The normalized spacial score (nSPS) is 20.4. The van der Waals surface area contributed by atoms with Crippen LogP contribution in [0, 0.1) is 6.92 Å². The maximum atomic E-state index is 12.6. The fourth-order valence-corrected chi connectivity index (χ4v) is 5.32. The highest BCUT2D eigenvalue weighted by Crippen LogP contribution is 2.23. The van der Waals surface area contributed by atoms with Crippen LogP contribution < -0.4 is 5.73 Å². The maximum Gasteiger partial charge on any atom is 0.243 e. The first kappa shape index (κ1) is 15.3. The molecule has 0 saturated carbocycles. The van der Waals surface area contributed by atoms with Crippen molar-refractivity contribution in [2.45, 2.75) is 18.2 Å². The minimum absolute atomic E-state index is 0.00109. The van der Waals surface area contributed by atoms with Crippen LogP contribution >= 0.6 is 0 Å². The van der Waals surface area contributed by atoms with Gasteiger partial charge in [0, 0.05) is 18.8 Å². The average Bonchev–Trinajstić information content (AvgIpc) is 2.53. The molecule has 6 nitrogen and oxygen atoms in total. The topological polar surface area (TPSA) is 97.5 Å². The first-order valence-electron chi connectivity index (χ1n) is 6.29. The van der Waals surface area contributed by atoms with Crippen molar-refractivity contribution in [3.8, 4) is 0 Å². The Kier molecular flexibility index (Phi) is 4.08. The van der Waals surface area contributed by atoms with Gasteiger partial charge in [-0.05, 0) is 31.0 Å². The van der Waals surface area contributed by atoms with E-state index in [9.17, 15) is 16.8 Å². The molecule has 0 aromatic heterocycles. The van der Waals surface area contributed by atoms with E-state index < -0.39 is 19.9 Å². The van der Waals surface area contributed by atoms with E-state index in [0.29, 0.717) is 17.7 Å². The number of rotatable bonds is 2. The molecule has 1 aliphatic heterocycles. The number of sulfonamides is 1. The lowest BCUT2D eigenvalue weighted by Crippen LogP contribution is -2.34. The summed E-state index contributed by atoms with van der Waals surface area (Å²) in [6.07, 6.45) is 0.322. The van der Waals surface area contributed by atoms with E-state index in [0.717, 1.165) is 0 Å². The predicted molar refractivity (Wildman–Crippen MR) is 77.6 cm³/mol. The fourth-order valence-electron chi connectivity index (χ4n) is 2.19. The van der Waals surface area contributed by atoms with E-state index in [1.54, 1.807) is 19.1 Å². The van der Waals surface area contributed by atoms with Gasteiger partial charge >= 0.3 is 0 Å². The number of aryl methyl sites for hydroxylation is 1. The van der Waals surface area contributed by atoms with Crippen molar-refractivity contribution >= 4 is 25.5 Å². The van der Waals surface area contributed by atoms with Crippen molar-refractivity contribution in [2.75, 3.05) is 30.3 Å². The molecule has 1 saturated heterocycles. The predicted octanol–water partition coefficient (Wildman–Crippen LogP) is 0.386. The molecule has 0 amide bonds. The molecule has 2 N–H and O–H groups in total. The molecule has 0 aliphatic carbocycles. The minimum atomic E-state index is -3.70. The molecule has 8 heteroatoms. The first-order chi connectivity index (χ1) is 9.22. The highest BCUT2D eigenvalue weighted by molar-refractivity contribution is 7.91. The summed E-state index contributed by atoms with van der Waals surface area (Å²) in [7, 11) is -6.84. The van der Waals surface area contributed by atoms with E-state index in [2.05, 4.69) is 0 Å². The molecular formula is C12H18N2O4S2. The quantitative estimate of drug-likeness (QED) is 0.795. The van der Waals surface area contributed by atoms with E-state index in [4.69, 9.17) is 5.73 Å². The van der Waals surface area contributed by atoms with E-state index in [1.807, 2.05) is 0 Å². The molecule has 1 aliphatic rings. The summed E-state index contributed by atoms with van der Waals surface area (Å²) in [5.41, 5.74) is 6.62. The second-order valence-corrected chi connectivity index (χ2v) is 9.14. The van der Waals surface area contributed by atoms with E-state index >= 15 is 0 Å². The number of nitrogens with two attached hydrogens (primary N) is 1. The highest BCUT2D eigenvalue weighted by atomic mass is 32.2. The van der Waals surface area contributed by atoms with Gasteiger partial charge in [0.2, 0.25) is 10.0 Å². The maximum absolute atomic E-state index is 12.6. The third-order valence-electron chi connectivity index (χ3n) is 3.34. The van der Waals surface area contributed by atoms with Crippen LogP contribution in [0.2, 0.25) is 0 Å². The van der Waals surface area contributed by atoms with Gasteiger partial charge in [0.25, 0.3) is 0 Å². The third-order valence-corrected chi connectivity index (χ3v) is 7.10. The van der Waals surface area contributed by atoms with Crippen molar-refractivity contribution in [1.29, 1.82) is 0 Å². The summed E-state index contributed by atoms with van der Waals surface area (Å²) in [5, 5.41) is 0. The number of hydrogen-bond acceptors (Lipinski definition) is 5. The number of benzene rings is 1. The monoisotopic (exact) mass is 318 g/mol. The Morgan fingerprint density at radius 1 is 1.20 bits per heavy atom. The van der Waals surface area contributed by atoms with E-state index in [1.165, 1.54) is 10.4 Å². The molecule has 0 bridgehead atoms. The molecule has 0 atom stereocenters. The molecule has 1 fully saturated rings. The molecule has 1 aromatic carbocycles. The third kappa shape index (κ3) is 3.13. The Morgan fingerprint density at radius 3 is 2.60 bits per heavy atom. The summed E-state index contributed by atoms with van der Waals surface area (Å²) >= 11 is 0. The molecule has 1 heterocycles. The number of nitrogens with zero attached hydrogens (tertiary/aromatic N) is 1. The van der Waals surface area contributed by atoms with Crippen molar-refractivity contribution < 1.29 is 16.8 Å². The van der Waals surface area contributed by atoms with Gasteiger partial charge < -0.3 is 5.73 Å². The number of anilines is 1. The molecule has 1 aromatic rings. The second-order valence-electron chi connectivity index (χ2n) is 4.93. The van der Waals surface area contributed by atoms with Gasteiger partial charge in [-0.3, -0.25) is 0 Å². The Hall–Kier alpha value is -1.12. The van der Waals surface area contributed by atoms with Gasteiger partial charge in [-0.15, -0.1) is 0 Å². The molecular weight excluding hydrogens is 300 g/mol. The van der Waals surface area contributed by atoms with Crippen LogP contribution in [-0.4, -0.2) is 45.7 Å². The summed E-state index contributed by atoms with van der Waals surface area (Å²) in [6.45, 7) is 1.91. The standard InChI is InChI=1S/C12H18N2O4S2/c1-10-3-4-11(13)9-12(10)20(17,18)14-5-2-7-19(15,16)8-6-14/h3-4,9H,2,5-8,13H2,1H3. The van der Waals surface area contributed by atoms with E-state index in [-0.39, 0.29) is 29.5 Å². The smallest absolute Gasteiger partial charge is 0.243 e. The number of hydrogen-bond donors (Lipinski definition) is 1. The zero-order valence-electron chi connectivity index (χ0n) is 11.2. The molecule has 112 valence electrons. The van der Waals surface area contributed by atoms with Crippen LogP contribution in [0.25, 0.3) is 0 Å². The average molecular weight is 318 g/mol. The zero-order chi connectivity index (χ0) is 15.0. The molecule has 0 spiro atoms. The van der Waals surface area contributed by atoms with Crippen LogP contribution in [0.4, 0.5) is 5.69 Å². The summed E-state index contributed by atoms with van der Waals surface area (Å²) in [4.78, 5) is 0.150. The zero-order valence-corrected chi connectivity index (χ0v) is 12.9. The summed E-state index contributed by atoms with van der Waals surface area (Å²) in [5.74, 6) is -0.0947. The Balaban J connectivity index is 2.37. The van der Waals surface area contributed by atoms with Crippen molar-refractivity contribution in [1.82, 2.24) is 4.31 Å². The molecule has 0 radical (unpaired) electrons. The first-order valence-corrected chi connectivity index (χ1v) is 9.55. The minimum Gasteiger partial charge on any atom is -0.399 e. The van der Waals surface area contributed by atoms with Gasteiger partial charge in [0.1, 0.15) is 0 Å². The van der Waals surface area contributed by atoms with Crippen LogP contribution in [0.1, 0.15) is 12.0 Å². The Bertz CT molecular complexity index is 711. The van der Waals surface area contributed by atoms with Crippen molar-refractivity contribution in [2.24, 2.45) is 0 Å². The highest BCUT2D eigenvalue weighted by Gasteiger charge is 2.30. The number of nitrogen functional groups attached to an aromatic ring is 1. The summed E-state index contributed by atoms with van der Waals surface area (Å²) < 4.78 is 49.6. The van der Waals surface area contributed by atoms with Crippen LogP contribution in [0.3, 0.4) is 0 Å².